The highest BCUT2D eigenvalue weighted by molar-refractivity contribution is 5.80. The Hall–Kier alpha value is -2.45. The maximum atomic E-state index is 12.9. The summed E-state index contributed by atoms with van der Waals surface area (Å²) in [5, 5.41) is 2.78. The standard InChI is InChI=1S/C23H29F3N2O4/c1-13(2)31-21(30)27-18-8-15(9-18)20(29)28-7-6-22(11-17(22)12-28)16-5-4-14(3)19(10-16)32-23(24,25)26/h4-5,10,13,15,17-18H,6-9,11-12H2,1-3H3,(H,27,30). The lowest BCUT2D eigenvalue weighted by Crippen LogP contribution is -2.52. The molecule has 1 aliphatic heterocycles. The molecule has 3 aliphatic rings. The number of hydrogen-bond acceptors (Lipinski definition) is 4. The van der Waals surface area contributed by atoms with Crippen LogP contribution >= 0.6 is 0 Å². The number of fused-ring (bicyclic) bond motifs is 1. The molecule has 0 bridgehead atoms. The molecule has 1 N–H and O–H groups in total. The number of carbonyl (C=O) groups excluding carboxylic acids is 2. The summed E-state index contributed by atoms with van der Waals surface area (Å²) in [5.74, 6) is 0.0942. The molecule has 0 spiro atoms. The van der Waals surface area contributed by atoms with Crippen molar-refractivity contribution >= 4 is 12.0 Å². The third kappa shape index (κ3) is 4.66. The van der Waals surface area contributed by atoms with Crippen molar-refractivity contribution in [1.29, 1.82) is 0 Å². The maximum absolute atomic E-state index is 12.9. The average Bonchev–Trinajstić information content (AvgIpc) is 3.39. The molecule has 0 aromatic heterocycles. The summed E-state index contributed by atoms with van der Waals surface area (Å²) in [6, 6.07) is 5.02. The SMILES string of the molecule is Cc1ccc(C23CCN(C(=O)C4CC(NC(=O)OC(C)C)C4)CC2C3)cc1OC(F)(F)F. The van der Waals surface area contributed by atoms with Gasteiger partial charge in [-0.3, -0.25) is 4.79 Å². The molecule has 2 amide bonds. The summed E-state index contributed by atoms with van der Waals surface area (Å²) in [6.07, 6.45) is -2.56. The van der Waals surface area contributed by atoms with Crippen molar-refractivity contribution in [2.24, 2.45) is 11.8 Å². The van der Waals surface area contributed by atoms with Crippen molar-refractivity contribution < 1.29 is 32.2 Å². The number of benzene rings is 1. The van der Waals surface area contributed by atoms with E-state index in [0.29, 0.717) is 31.5 Å². The fourth-order valence-electron chi connectivity index (χ4n) is 5.07. The second kappa shape index (κ2) is 8.15. The molecule has 4 rings (SSSR count). The van der Waals surface area contributed by atoms with Crippen LogP contribution in [0, 0.1) is 18.8 Å². The normalized spacial score (nSPS) is 29.1. The highest BCUT2D eigenvalue weighted by Gasteiger charge is 2.58. The van der Waals surface area contributed by atoms with Crippen LogP contribution in [-0.2, 0) is 14.9 Å². The Morgan fingerprint density at radius 2 is 1.97 bits per heavy atom. The van der Waals surface area contributed by atoms with Gasteiger partial charge in [-0.15, -0.1) is 13.2 Å². The summed E-state index contributed by atoms with van der Waals surface area (Å²) in [6.45, 7) is 6.36. The molecule has 3 fully saturated rings. The number of nitrogens with one attached hydrogen (secondary N) is 1. The van der Waals surface area contributed by atoms with E-state index in [1.165, 1.54) is 6.07 Å². The zero-order valence-corrected chi connectivity index (χ0v) is 18.5. The molecule has 1 saturated heterocycles. The first-order chi connectivity index (χ1) is 15.0. The van der Waals surface area contributed by atoms with Gasteiger partial charge in [-0.25, -0.2) is 4.79 Å². The number of alkyl halides is 3. The molecule has 2 aliphatic carbocycles. The van der Waals surface area contributed by atoms with Crippen LogP contribution in [0.5, 0.6) is 5.75 Å². The number of halogens is 3. The van der Waals surface area contributed by atoms with Crippen molar-refractivity contribution in [3.05, 3.63) is 29.3 Å². The van der Waals surface area contributed by atoms with Crippen molar-refractivity contribution in [1.82, 2.24) is 10.2 Å². The quantitative estimate of drug-likeness (QED) is 0.721. The van der Waals surface area contributed by atoms with Crippen LogP contribution in [0.2, 0.25) is 0 Å². The third-order valence-corrected chi connectivity index (χ3v) is 6.95. The second-order valence-electron chi connectivity index (χ2n) is 9.58. The average molecular weight is 454 g/mol. The molecule has 1 heterocycles. The van der Waals surface area contributed by atoms with Crippen LogP contribution in [0.15, 0.2) is 18.2 Å². The highest BCUT2D eigenvalue weighted by atomic mass is 19.4. The monoisotopic (exact) mass is 454 g/mol. The number of likely N-dealkylation sites (tertiary alicyclic amines) is 1. The number of alkyl carbamates (subject to hydrolysis) is 1. The van der Waals surface area contributed by atoms with E-state index in [2.05, 4.69) is 10.1 Å². The Morgan fingerprint density at radius 1 is 1.25 bits per heavy atom. The third-order valence-electron chi connectivity index (χ3n) is 6.95. The van der Waals surface area contributed by atoms with Gasteiger partial charge in [-0.1, -0.05) is 12.1 Å². The lowest BCUT2D eigenvalue weighted by atomic mass is 9.78. The molecule has 1 aromatic carbocycles. The fourth-order valence-corrected chi connectivity index (χ4v) is 5.07. The molecule has 6 nitrogen and oxygen atoms in total. The van der Waals surface area contributed by atoms with E-state index in [4.69, 9.17) is 4.74 Å². The smallest absolute Gasteiger partial charge is 0.447 e. The van der Waals surface area contributed by atoms with Gasteiger partial charge < -0.3 is 19.7 Å². The van der Waals surface area contributed by atoms with E-state index >= 15 is 0 Å². The number of carbonyl (C=O) groups is 2. The number of aryl methyl sites for hydroxylation is 1. The molecular formula is C23H29F3N2O4. The Kier molecular flexibility index (Phi) is 5.79. The number of ether oxygens (including phenoxy) is 2. The van der Waals surface area contributed by atoms with Gasteiger partial charge in [-0.2, -0.15) is 0 Å². The Balaban J connectivity index is 1.31. The summed E-state index contributed by atoms with van der Waals surface area (Å²) in [4.78, 5) is 26.4. The van der Waals surface area contributed by atoms with Crippen molar-refractivity contribution in [3.8, 4) is 5.75 Å². The molecule has 176 valence electrons. The van der Waals surface area contributed by atoms with E-state index in [1.54, 1.807) is 26.8 Å². The molecular weight excluding hydrogens is 425 g/mol. The topological polar surface area (TPSA) is 67.9 Å². The van der Waals surface area contributed by atoms with Gasteiger partial charge in [0.15, 0.2) is 0 Å². The minimum absolute atomic E-state index is 0.0420. The first kappa shape index (κ1) is 22.7. The molecule has 0 radical (unpaired) electrons. The molecule has 2 saturated carbocycles. The Labute approximate surface area is 185 Å². The minimum Gasteiger partial charge on any atom is -0.447 e. The predicted octanol–water partition coefficient (Wildman–Crippen LogP) is 4.30. The Bertz CT molecular complexity index is 898. The molecule has 2 unspecified atom stereocenters. The van der Waals surface area contributed by atoms with Gasteiger partial charge in [0.1, 0.15) is 5.75 Å². The lowest BCUT2D eigenvalue weighted by Gasteiger charge is -2.40. The maximum Gasteiger partial charge on any atom is 0.573 e. The number of nitrogens with zero attached hydrogens (tertiary/aromatic N) is 1. The van der Waals surface area contributed by atoms with Gasteiger partial charge in [-0.05, 0) is 69.6 Å². The van der Waals surface area contributed by atoms with E-state index in [1.807, 2.05) is 11.0 Å². The summed E-state index contributed by atoms with van der Waals surface area (Å²) >= 11 is 0. The number of hydrogen-bond donors (Lipinski definition) is 1. The zero-order chi connectivity index (χ0) is 23.3. The largest absolute Gasteiger partial charge is 0.573 e. The molecule has 32 heavy (non-hydrogen) atoms. The van der Waals surface area contributed by atoms with Crippen LogP contribution in [0.3, 0.4) is 0 Å². The minimum atomic E-state index is -4.72. The second-order valence-corrected chi connectivity index (χ2v) is 9.58. The summed E-state index contributed by atoms with van der Waals surface area (Å²) < 4.78 is 47.4. The van der Waals surface area contributed by atoms with Crippen LogP contribution in [-0.4, -0.2) is 48.5 Å². The first-order valence-electron chi connectivity index (χ1n) is 11.1. The lowest BCUT2D eigenvalue weighted by molar-refractivity contribution is -0.274. The van der Waals surface area contributed by atoms with Crippen LogP contribution in [0.4, 0.5) is 18.0 Å². The van der Waals surface area contributed by atoms with Gasteiger partial charge in [0.25, 0.3) is 0 Å². The van der Waals surface area contributed by atoms with Crippen molar-refractivity contribution in [2.75, 3.05) is 13.1 Å². The molecule has 1 aromatic rings. The van der Waals surface area contributed by atoms with Crippen LogP contribution in [0.1, 0.15) is 50.7 Å². The van der Waals surface area contributed by atoms with Gasteiger partial charge in [0.05, 0.1) is 6.10 Å². The van der Waals surface area contributed by atoms with E-state index in [-0.39, 0.29) is 41.1 Å². The Morgan fingerprint density at radius 3 is 2.59 bits per heavy atom. The van der Waals surface area contributed by atoms with Crippen molar-refractivity contribution in [3.63, 3.8) is 0 Å². The van der Waals surface area contributed by atoms with Crippen LogP contribution < -0.4 is 10.1 Å². The zero-order valence-electron chi connectivity index (χ0n) is 18.5. The number of rotatable bonds is 5. The van der Waals surface area contributed by atoms with Gasteiger partial charge in [0.2, 0.25) is 5.91 Å². The van der Waals surface area contributed by atoms with Crippen LogP contribution in [0.25, 0.3) is 0 Å². The fraction of sp³-hybridized carbons (Fsp3) is 0.652. The van der Waals surface area contributed by atoms with Gasteiger partial charge >= 0.3 is 12.5 Å². The molecule has 9 heteroatoms. The van der Waals surface area contributed by atoms with E-state index < -0.39 is 12.5 Å². The van der Waals surface area contributed by atoms with E-state index in [9.17, 15) is 22.8 Å². The highest BCUT2D eigenvalue weighted by Crippen LogP contribution is 2.60. The van der Waals surface area contributed by atoms with Crippen molar-refractivity contribution in [2.45, 2.75) is 70.4 Å². The number of piperidine rings is 1. The summed E-state index contributed by atoms with van der Waals surface area (Å²) in [5.41, 5.74) is 1.13. The number of amides is 2. The summed E-state index contributed by atoms with van der Waals surface area (Å²) in [7, 11) is 0. The van der Waals surface area contributed by atoms with E-state index in [0.717, 1.165) is 18.4 Å². The van der Waals surface area contributed by atoms with Gasteiger partial charge in [0, 0.05) is 30.5 Å². The first-order valence-corrected chi connectivity index (χ1v) is 11.1. The molecule has 2 atom stereocenters. The predicted molar refractivity (Wildman–Crippen MR) is 110 cm³/mol.